The SMILES string of the molecule is C=C(C)CN(CC)c1cc(F)cc(CO)c1. The Bertz CT molecular complexity index is 376. The number of benzene rings is 1. The Morgan fingerprint density at radius 3 is 2.62 bits per heavy atom. The Balaban J connectivity index is 2.99. The van der Waals surface area contributed by atoms with Crippen molar-refractivity contribution in [2.24, 2.45) is 0 Å². The number of rotatable bonds is 5. The van der Waals surface area contributed by atoms with Crippen molar-refractivity contribution < 1.29 is 9.50 Å². The van der Waals surface area contributed by atoms with E-state index in [9.17, 15) is 4.39 Å². The van der Waals surface area contributed by atoms with Gasteiger partial charge in [0.2, 0.25) is 0 Å². The molecule has 88 valence electrons. The van der Waals surface area contributed by atoms with Crippen LogP contribution in [-0.2, 0) is 6.61 Å². The molecule has 0 amide bonds. The summed E-state index contributed by atoms with van der Waals surface area (Å²) in [5.74, 6) is -0.318. The first-order valence-electron chi connectivity index (χ1n) is 5.36. The standard InChI is InChI=1S/C13H18FNO/c1-4-15(8-10(2)3)13-6-11(9-16)5-12(14)7-13/h5-7,16H,2,4,8-9H2,1,3H3. The first-order valence-corrected chi connectivity index (χ1v) is 5.36. The van der Waals surface area contributed by atoms with Crippen molar-refractivity contribution >= 4 is 5.69 Å². The molecule has 0 aliphatic rings. The topological polar surface area (TPSA) is 23.5 Å². The molecule has 0 radical (unpaired) electrons. The van der Waals surface area contributed by atoms with E-state index < -0.39 is 0 Å². The number of hydrogen-bond acceptors (Lipinski definition) is 2. The van der Waals surface area contributed by atoms with Gasteiger partial charge in [-0.05, 0) is 37.6 Å². The minimum Gasteiger partial charge on any atom is -0.392 e. The van der Waals surface area contributed by atoms with Crippen molar-refractivity contribution in [3.63, 3.8) is 0 Å². The van der Waals surface area contributed by atoms with Gasteiger partial charge >= 0.3 is 0 Å². The molecule has 0 aliphatic heterocycles. The van der Waals surface area contributed by atoms with Gasteiger partial charge in [0.05, 0.1) is 6.61 Å². The highest BCUT2D eigenvalue weighted by atomic mass is 19.1. The highest BCUT2D eigenvalue weighted by Crippen LogP contribution is 2.19. The van der Waals surface area contributed by atoms with Crippen LogP contribution < -0.4 is 4.90 Å². The maximum absolute atomic E-state index is 13.3. The van der Waals surface area contributed by atoms with Crippen LogP contribution in [0, 0.1) is 5.82 Å². The summed E-state index contributed by atoms with van der Waals surface area (Å²) in [6.07, 6.45) is 0. The van der Waals surface area contributed by atoms with Crippen molar-refractivity contribution in [2.75, 3.05) is 18.0 Å². The summed E-state index contributed by atoms with van der Waals surface area (Å²) >= 11 is 0. The van der Waals surface area contributed by atoms with Crippen LogP contribution in [0.3, 0.4) is 0 Å². The lowest BCUT2D eigenvalue weighted by Gasteiger charge is -2.23. The minimum absolute atomic E-state index is 0.143. The average molecular weight is 223 g/mol. The summed E-state index contributed by atoms with van der Waals surface area (Å²) in [7, 11) is 0. The van der Waals surface area contributed by atoms with Gasteiger partial charge in [0, 0.05) is 18.8 Å². The predicted octanol–water partition coefficient (Wildman–Crippen LogP) is 2.72. The lowest BCUT2D eigenvalue weighted by Crippen LogP contribution is -2.24. The third-order valence-electron chi connectivity index (χ3n) is 2.33. The second-order valence-electron chi connectivity index (χ2n) is 3.95. The number of aliphatic hydroxyl groups is 1. The van der Waals surface area contributed by atoms with Crippen LogP contribution in [0.2, 0.25) is 0 Å². The normalized spacial score (nSPS) is 10.2. The van der Waals surface area contributed by atoms with Gasteiger partial charge in [-0.1, -0.05) is 12.2 Å². The molecule has 0 saturated heterocycles. The van der Waals surface area contributed by atoms with Gasteiger partial charge in [-0.15, -0.1) is 0 Å². The summed E-state index contributed by atoms with van der Waals surface area (Å²) in [6.45, 7) is 9.13. The molecule has 16 heavy (non-hydrogen) atoms. The molecule has 1 rings (SSSR count). The largest absolute Gasteiger partial charge is 0.392 e. The smallest absolute Gasteiger partial charge is 0.125 e. The number of anilines is 1. The number of halogens is 1. The van der Waals surface area contributed by atoms with Crippen LogP contribution in [0.4, 0.5) is 10.1 Å². The maximum atomic E-state index is 13.3. The van der Waals surface area contributed by atoms with Crippen LogP contribution in [0.5, 0.6) is 0 Å². The van der Waals surface area contributed by atoms with Gasteiger partial charge in [0.15, 0.2) is 0 Å². The first-order chi connectivity index (χ1) is 7.56. The van der Waals surface area contributed by atoms with Crippen LogP contribution >= 0.6 is 0 Å². The van der Waals surface area contributed by atoms with Gasteiger partial charge < -0.3 is 10.0 Å². The van der Waals surface area contributed by atoms with Gasteiger partial charge in [0.25, 0.3) is 0 Å². The average Bonchev–Trinajstić information content (AvgIpc) is 2.24. The second-order valence-corrected chi connectivity index (χ2v) is 3.95. The molecule has 0 aromatic heterocycles. The third kappa shape index (κ3) is 3.35. The molecule has 1 aromatic rings. The predicted molar refractivity (Wildman–Crippen MR) is 65.0 cm³/mol. The minimum atomic E-state index is -0.318. The lowest BCUT2D eigenvalue weighted by atomic mass is 10.1. The number of aliphatic hydroxyl groups excluding tert-OH is 1. The molecule has 0 fully saturated rings. The molecule has 1 N–H and O–H groups in total. The summed E-state index contributed by atoms with van der Waals surface area (Å²) in [6, 6.07) is 4.62. The van der Waals surface area contributed by atoms with Crippen LogP contribution in [-0.4, -0.2) is 18.2 Å². The van der Waals surface area contributed by atoms with E-state index in [-0.39, 0.29) is 12.4 Å². The fraction of sp³-hybridized carbons (Fsp3) is 0.385. The summed E-state index contributed by atoms with van der Waals surface area (Å²) < 4.78 is 13.3. The molecule has 0 heterocycles. The van der Waals surface area contributed by atoms with Crippen LogP contribution in [0.25, 0.3) is 0 Å². The fourth-order valence-corrected chi connectivity index (χ4v) is 1.62. The van der Waals surface area contributed by atoms with Crippen molar-refractivity contribution in [3.8, 4) is 0 Å². The van der Waals surface area contributed by atoms with E-state index in [1.807, 2.05) is 18.7 Å². The molecule has 0 atom stereocenters. The molecule has 0 aliphatic carbocycles. The molecule has 0 saturated carbocycles. The lowest BCUT2D eigenvalue weighted by molar-refractivity contribution is 0.281. The van der Waals surface area contributed by atoms with Crippen LogP contribution in [0.15, 0.2) is 30.4 Å². The Hall–Kier alpha value is -1.35. The van der Waals surface area contributed by atoms with Crippen molar-refractivity contribution in [3.05, 3.63) is 41.7 Å². The summed E-state index contributed by atoms with van der Waals surface area (Å²) in [5.41, 5.74) is 2.40. The van der Waals surface area contributed by atoms with E-state index in [2.05, 4.69) is 6.58 Å². The molecular weight excluding hydrogens is 205 g/mol. The third-order valence-corrected chi connectivity index (χ3v) is 2.33. The van der Waals surface area contributed by atoms with Gasteiger partial charge in [-0.25, -0.2) is 4.39 Å². The van der Waals surface area contributed by atoms with Crippen molar-refractivity contribution in [1.29, 1.82) is 0 Å². The summed E-state index contributed by atoms with van der Waals surface area (Å²) in [4.78, 5) is 2.02. The summed E-state index contributed by atoms with van der Waals surface area (Å²) in [5, 5.41) is 9.02. The zero-order valence-electron chi connectivity index (χ0n) is 9.83. The van der Waals surface area contributed by atoms with Crippen LogP contribution in [0.1, 0.15) is 19.4 Å². The molecule has 1 aromatic carbocycles. The van der Waals surface area contributed by atoms with E-state index in [0.717, 1.165) is 17.8 Å². The molecule has 2 nitrogen and oxygen atoms in total. The van der Waals surface area contributed by atoms with E-state index in [1.165, 1.54) is 12.1 Å². The Labute approximate surface area is 96.0 Å². The molecular formula is C13H18FNO. The van der Waals surface area contributed by atoms with E-state index >= 15 is 0 Å². The van der Waals surface area contributed by atoms with E-state index in [1.54, 1.807) is 6.07 Å². The Kier molecular flexibility index (Phi) is 4.50. The molecule has 0 bridgehead atoms. The molecule has 3 heteroatoms. The van der Waals surface area contributed by atoms with E-state index in [4.69, 9.17) is 5.11 Å². The zero-order valence-corrected chi connectivity index (χ0v) is 9.83. The van der Waals surface area contributed by atoms with Gasteiger partial charge in [0.1, 0.15) is 5.82 Å². The number of likely N-dealkylation sites (N-methyl/N-ethyl adjacent to an activating group) is 1. The number of nitrogens with zero attached hydrogens (tertiary/aromatic N) is 1. The Morgan fingerprint density at radius 2 is 2.12 bits per heavy atom. The first kappa shape index (κ1) is 12.7. The monoisotopic (exact) mass is 223 g/mol. The maximum Gasteiger partial charge on any atom is 0.125 e. The fourth-order valence-electron chi connectivity index (χ4n) is 1.62. The highest BCUT2D eigenvalue weighted by molar-refractivity contribution is 5.49. The van der Waals surface area contributed by atoms with Gasteiger partial charge in [-0.3, -0.25) is 0 Å². The Morgan fingerprint density at radius 1 is 1.44 bits per heavy atom. The molecule has 0 unspecified atom stereocenters. The van der Waals surface area contributed by atoms with E-state index in [0.29, 0.717) is 12.1 Å². The second kappa shape index (κ2) is 5.66. The zero-order chi connectivity index (χ0) is 12.1. The highest BCUT2D eigenvalue weighted by Gasteiger charge is 2.07. The van der Waals surface area contributed by atoms with Crippen molar-refractivity contribution in [1.82, 2.24) is 0 Å². The number of hydrogen-bond donors (Lipinski definition) is 1. The molecule has 0 spiro atoms. The van der Waals surface area contributed by atoms with Gasteiger partial charge in [-0.2, -0.15) is 0 Å². The quantitative estimate of drug-likeness (QED) is 0.776. The van der Waals surface area contributed by atoms with Crippen molar-refractivity contribution in [2.45, 2.75) is 20.5 Å².